The average Bonchev–Trinajstić information content (AvgIpc) is 2.74. The van der Waals surface area contributed by atoms with E-state index in [2.05, 4.69) is 24.0 Å². The number of likely N-dealkylation sites (tertiary alicyclic amines) is 1. The quantitative estimate of drug-likeness (QED) is 0.675. The van der Waals surface area contributed by atoms with Crippen LogP contribution in [0.5, 0.6) is 5.75 Å². The molecule has 0 aromatic heterocycles. The molecule has 1 saturated heterocycles. The molecule has 1 fully saturated rings. The molecule has 0 saturated carbocycles. The van der Waals surface area contributed by atoms with Crippen LogP contribution >= 0.6 is 0 Å². The molecule has 1 atom stereocenters. The number of carbonyl (C=O) groups excluding carboxylic acids is 1. The lowest BCUT2D eigenvalue weighted by molar-refractivity contribution is -0.0624. The second kappa shape index (κ2) is 8.68. The third-order valence-corrected chi connectivity index (χ3v) is 5.87. The minimum atomic E-state index is -0.358. The first-order valence-electron chi connectivity index (χ1n) is 9.58. The highest BCUT2D eigenvalue weighted by atomic mass is 16.5. The highest BCUT2D eigenvalue weighted by molar-refractivity contribution is 5.96. The van der Waals surface area contributed by atoms with Gasteiger partial charge in [-0.05, 0) is 37.5 Å². The first-order chi connectivity index (χ1) is 13.1. The van der Waals surface area contributed by atoms with Crippen molar-refractivity contribution in [2.45, 2.75) is 37.8 Å². The first kappa shape index (κ1) is 19.6. The molecule has 3 rings (SSSR count). The van der Waals surface area contributed by atoms with Crippen LogP contribution in [0.25, 0.3) is 0 Å². The van der Waals surface area contributed by atoms with Gasteiger partial charge in [0.1, 0.15) is 5.75 Å². The van der Waals surface area contributed by atoms with Gasteiger partial charge in [-0.3, -0.25) is 9.69 Å². The lowest BCUT2D eigenvalue weighted by Gasteiger charge is -2.43. The lowest BCUT2D eigenvalue weighted by Crippen LogP contribution is -2.47. The van der Waals surface area contributed by atoms with Crippen LogP contribution in [0.3, 0.4) is 0 Å². The maximum absolute atomic E-state index is 12.7. The maximum Gasteiger partial charge on any atom is 0.165 e. The van der Waals surface area contributed by atoms with E-state index in [1.54, 1.807) is 14.2 Å². The predicted octanol–water partition coefficient (Wildman–Crippen LogP) is 4.51. The molecular weight excluding hydrogens is 338 g/mol. The van der Waals surface area contributed by atoms with Crippen LogP contribution < -0.4 is 4.74 Å². The Bertz CT molecular complexity index is 734. The van der Waals surface area contributed by atoms with Gasteiger partial charge in [-0.25, -0.2) is 0 Å². The highest BCUT2D eigenvalue weighted by Crippen LogP contribution is 2.34. The summed E-state index contributed by atoms with van der Waals surface area (Å²) in [5.74, 6) is 1.04. The fourth-order valence-electron chi connectivity index (χ4n) is 3.88. The number of carbonyl (C=O) groups is 1. The molecule has 4 heteroatoms. The van der Waals surface area contributed by atoms with Crippen LogP contribution in [0.2, 0.25) is 0 Å². The summed E-state index contributed by atoms with van der Waals surface area (Å²) >= 11 is 0. The van der Waals surface area contributed by atoms with Gasteiger partial charge >= 0.3 is 0 Å². The summed E-state index contributed by atoms with van der Waals surface area (Å²) < 4.78 is 11.1. The Labute approximate surface area is 162 Å². The molecule has 0 aliphatic carbocycles. The molecule has 1 aliphatic rings. The molecule has 144 valence electrons. The van der Waals surface area contributed by atoms with Gasteiger partial charge in [-0.2, -0.15) is 0 Å². The highest BCUT2D eigenvalue weighted by Gasteiger charge is 2.38. The van der Waals surface area contributed by atoms with E-state index in [1.165, 1.54) is 5.56 Å². The topological polar surface area (TPSA) is 38.8 Å². The van der Waals surface area contributed by atoms with Crippen molar-refractivity contribution < 1.29 is 14.3 Å². The van der Waals surface area contributed by atoms with Crippen LogP contribution in [0, 0.1) is 0 Å². The summed E-state index contributed by atoms with van der Waals surface area (Å²) in [6.07, 6.45) is 2.17. The maximum atomic E-state index is 12.7. The Morgan fingerprint density at radius 3 is 2.22 bits per heavy atom. The van der Waals surface area contributed by atoms with E-state index in [4.69, 9.17) is 9.47 Å². The number of Topliss-reactive ketones (excluding diaryl/α,β-unsaturated/α-hetero) is 1. The Morgan fingerprint density at radius 1 is 1.04 bits per heavy atom. The normalized spacial score (nSPS) is 18.0. The zero-order valence-electron chi connectivity index (χ0n) is 16.5. The molecule has 2 aromatic carbocycles. The van der Waals surface area contributed by atoms with Gasteiger partial charge < -0.3 is 9.47 Å². The SMILES string of the molecule is COc1ccc(C(C)N2CCC(CC(=O)c3ccccc3)(OC)CC2)cc1. The molecular formula is C23H29NO3. The molecule has 1 heterocycles. The van der Waals surface area contributed by atoms with E-state index in [1.807, 2.05) is 42.5 Å². The lowest BCUT2D eigenvalue weighted by atomic mass is 9.84. The third kappa shape index (κ3) is 4.57. The number of hydrogen-bond acceptors (Lipinski definition) is 4. The van der Waals surface area contributed by atoms with Gasteiger partial charge in [-0.15, -0.1) is 0 Å². The van der Waals surface area contributed by atoms with Gasteiger partial charge in [0.2, 0.25) is 0 Å². The number of piperidine rings is 1. The van der Waals surface area contributed by atoms with Crippen molar-refractivity contribution in [3.05, 3.63) is 65.7 Å². The summed E-state index contributed by atoms with van der Waals surface area (Å²) in [6.45, 7) is 4.07. The molecule has 4 nitrogen and oxygen atoms in total. The Balaban J connectivity index is 1.62. The smallest absolute Gasteiger partial charge is 0.165 e. The number of rotatable bonds is 7. The molecule has 0 amide bonds. The van der Waals surface area contributed by atoms with Crippen molar-refractivity contribution in [2.75, 3.05) is 27.3 Å². The zero-order valence-corrected chi connectivity index (χ0v) is 16.5. The van der Waals surface area contributed by atoms with Crippen molar-refractivity contribution in [1.29, 1.82) is 0 Å². The number of ether oxygens (including phenoxy) is 2. The van der Waals surface area contributed by atoms with Crippen LogP contribution in [0.4, 0.5) is 0 Å². The van der Waals surface area contributed by atoms with Gasteiger partial charge in [0, 0.05) is 38.2 Å². The third-order valence-electron chi connectivity index (χ3n) is 5.87. The van der Waals surface area contributed by atoms with Crippen molar-refractivity contribution in [3.8, 4) is 5.75 Å². The number of hydrogen-bond donors (Lipinski definition) is 0. The minimum absolute atomic E-state index is 0.161. The van der Waals surface area contributed by atoms with Crippen molar-refractivity contribution in [3.63, 3.8) is 0 Å². The van der Waals surface area contributed by atoms with Crippen molar-refractivity contribution in [1.82, 2.24) is 4.90 Å². The molecule has 1 unspecified atom stereocenters. The van der Waals surface area contributed by atoms with E-state index >= 15 is 0 Å². The summed E-state index contributed by atoms with van der Waals surface area (Å²) in [5, 5.41) is 0. The van der Waals surface area contributed by atoms with Gasteiger partial charge in [-0.1, -0.05) is 42.5 Å². The predicted molar refractivity (Wildman–Crippen MR) is 107 cm³/mol. The van der Waals surface area contributed by atoms with Crippen LogP contribution in [0.15, 0.2) is 54.6 Å². The fourth-order valence-corrected chi connectivity index (χ4v) is 3.88. The molecule has 0 bridgehead atoms. The van der Waals surface area contributed by atoms with Crippen LogP contribution in [-0.2, 0) is 4.74 Å². The van der Waals surface area contributed by atoms with E-state index in [0.29, 0.717) is 12.5 Å². The fraction of sp³-hybridized carbons (Fsp3) is 0.435. The number of nitrogens with zero attached hydrogens (tertiary/aromatic N) is 1. The molecule has 0 N–H and O–H groups in total. The van der Waals surface area contributed by atoms with E-state index in [9.17, 15) is 4.79 Å². The Morgan fingerprint density at radius 2 is 1.67 bits per heavy atom. The van der Waals surface area contributed by atoms with Crippen molar-refractivity contribution in [2.24, 2.45) is 0 Å². The summed E-state index contributed by atoms with van der Waals surface area (Å²) in [6, 6.07) is 18.1. The summed E-state index contributed by atoms with van der Waals surface area (Å²) in [4.78, 5) is 15.1. The van der Waals surface area contributed by atoms with E-state index in [0.717, 1.165) is 37.2 Å². The van der Waals surface area contributed by atoms with Gasteiger partial charge in [0.05, 0.1) is 12.7 Å². The number of methoxy groups -OCH3 is 2. The van der Waals surface area contributed by atoms with Crippen LogP contribution in [0.1, 0.15) is 48.1 Å². The van der Waals surface area contributed by atoms with Crippen molar-refractivity contribution >= 4 is 5.78 Å². The Hall–Kier alpha value is -2.17. The molecule has 2 aromatic rings. The number of ketones is 1. The summed E-state index contributed by atoms with van der Waals surface area (Å²) in [7, 11) is 3.42. The summed E-state index contributed by atoms with van der Waals surface area (Å²) in [5.41, 5.74) is 1.69. The Kier molecular flexibility index (Phi) is 6.30. The van der Waals surface area contributed by atoms with Gasteiger partial charge in [0.25, 0.3) is 0 Å². The molecule has 27 heavy (non-hydrogen) atoms. The molecule has 1 aliphatic heterocycles. The molecule has 0 radical (unpaired) electrons. The molecule has 0 spiro atoms. The largest absolute Gasteiger partial charge is 0.497 e. The standard InChI is InChI=1S/C23H29NO3/c1-18(19-9-11-21(26-2)12-10-19)24-15-13-23(27-3,14-16-24)17-22(25)20-7-5-4-6-8-20/h4-12,18H,13-17H2,1-3H3. The van der Waals surface area contributed by atoms with Gasteiger partial charge in [0.15, 0.2) is 5.78 Å². The monoisotopic (exact) mass is 367 g/mol. The van der Waals surface area contributed by atoms with E-state index < -0.39 is 0 Å². The van der Waals surface area contributed by atoms with E-state index in [-0.39, 0.29) is 11.4 Å². The first-order valence-corrected chi connectivity index (χ1v) is 9.58. The average molecular weight is 367 g/mol. The second-order valence-corrected chi connectivity index (χ2v) is 7.34. The zero-order chi connectivity index (χ0) is 19.3. The van der Waals surface area contributed by atoms with Crippen LogP contribution in [-0.4, -0.2) is 43.6 Å². The minimum Gasteiger partial charge on any atom is -0.497 e. The second-order valence-electron chi connectivity index (χ2n) is 7.34. The number of benzene rings is 2.